The average molecular weight is 416 g/mol. The van der Waals surface area contributed by atoms with Crippen molar-refractivity contribution in [1.82, 2.24) is 0 Å². The summed E-state index contributed by atoms with van der Waals surface area (Å²) in [5.74, 6) is -2.76. The first-order chi connectivity index (χ1) is 14.2. The topological polar surface area (TPSA) is 9.23 Å². The summed E-state index contributed by atoms with van der Waals surface area (Å²) in [4.78, 5) is 0. The fraction of sp³-hybridized carbons (Fsp3) is 0.167. The number of hydrogen-bond donors (Lipinski definition) is 0. The molecule has 1 nitrogen and oxygen atoms in total. The molecule has 154 valence electrons. The third kappa shape index (κ3) is 3.95. The molecule has 0 N–H and O–H groups in total. The average Bonchev–Trinajstić information content (AvgIpc) is 2.68. The van der Waals surface area contributed by atoms with E-state index in [1.165, 1.54) is 17.7 Å². The highest BCUT2D eigenvalue weighted by Crippen LogP contribution is 2.35. The highest BCUT2D eigenvalue weighted by molar-refractivity contribution is 6.08. The Hall–Kier alpha value is -3.15. The quantitative estimate of drug-likeness (QED) is 0.244. The van der Waals surface area contributed by atoms with Crippen LogP contribution < -0.4 is 4.74 Å². The Balaban J connectivity index is 1.79. The molecule has 4 rings (SSSR count). The van der Waals surface area contributed by atoms with Crippen LogP contribution >= 0.6 is 0 Å². The number of hydrogen-bond acceptors (Lipinski definition) is 1. The van der Waals surface area contributed by atoms with Crippen molar-refractivity contribution >= 4 is 21.5 Å². The maximum Gasteiger partial charge on any atom is 0.573 e. The van der Waals surface area contributed by atoms with Crippen LogP contribution in [0.25, 0.3) is 32.7 Å². The standard InChI is InChI=1S/C24H17F5O/c1-2-3-14-4-8-18-15(10-14)5-6-16-11-20(21(25)13-19(16)18)17-7-9-23(22(26)12-17)30-24(27,28)29/h4-13H,2-3H2,1H3. The van der Waals surface area contributed by atoms with E-state index in [0.29, 0.717) is 5.39 Å². The van der Waals surface area contributed by atoms with Gasteiger partial charge in [0.2, 0.25) is 0 Å². The van der Waals surface area contributed by atoms with E-state index in [2.05, 4.69) is 17.7 Å². The molecule has 0 aliphatic carbocycles. The Morgan fingerprint density at radius 1 is 0.767 bits per heavy atom. The lowest BCUT2D eigenvalue weighted by atomic mass is 9.95. The molecule has 0 spiro atoms. The predicted octanol–water partition coefficient (Wildman–Crippen LogP) is 7.79. The van der Waals surface area contributed by atoms with Crippen LogP contribution in [-0.4, -0.2) is 6.36 Å². The summed E-state index contributed by atoms with van der Waals surface area (Å²) in [7, 11) is 0. The van der Waals surface area contributed by atoms with Crippen LogP contribution in [0.4, 0.5) is 22.0 Å². The molecule has 0 saturated carbocycles. The summed E-state index contributed by atoms with van der Waals surface area (Å²) in [5, 5.41) is 3.37. The zero-order valence-corrected chi connectivity index (χ0v) is 16.0. The lowest BCUT2D eigenvalue weighted by molar-refractivity contribution is -0.275. The molecule has 4 aromatic rings. The number of ether oxygens (including phenoxy) is 1. The van der Waals surface area contributed by atoms with Crippen LogP contribution in [0.2, 0.25) is 0 Å². The number of aryl methyl sites for hydroxylation is 1. The largest absolute Gasteiger partial charge is 0.573 e. The molecule has 0 saturated heterocycles. The Labute approximate surface area is 169 Å². The van der Waals surface area contributed by atoms with E-state index in [1.54, 1.807) is 6.07 Å². The van der Waals surface area contributed by atoms with Crippen molar-refractivity contribution in [2.45, 2.75) is 26.1 Å². The molecule has 4 aromatic carbocycles. The van der Waals surface area contributed by atoms with Crippen molar-refractivity contribution < 1.29 is 26.7 Å². The number of benzene rings is 4. The van der Waals surface area contributed by atoms with Crippen LogP contribution in [0.1, 0.15) is 18.9 Å². The number of fused-ring (bicyclic) bond motifs is 3. The molecule has 0 unspecified atom stereocenters. The van der Waals surface area contributed by atoms with Gasteiger partial charge < -0.3 is 4.74 Å². The van der Waals surface area contributed by atoms with Crippen LogP contribution in [0.15, 0.2) is 60.7 Å². The maximum absolute atomic E-state index is 14.9. The highest BCUT2D eigenvalue weighted by atomic mass is 19.4. The first-order valence-corrected chi connectivity index (χ1v) is 9.46. The molecular weight excluding hydrogens is 399 g/mol. The molecular formula is C24H17F5O. The van der Waals surface area contributed by atoms with Gasteiger partial charge in [-0.25, -0.2) is 8.78 Å². The summed E-state index contributed by atoms with van der Waals surface area (Å²) < 4.78 is 69.6. The summed E-state index contributed by atoms with van der Waals surface area (Å²) >= 11 is 0. The van der Waals surface area contributed by atoms with Crippen LogP contribution in [0, 0.1) is 11.6 Å². The Morgan fingerprint density at radius 3 is 2.17 bits per heavy atom. The van der Waals surface area contributed by atoms with Crippen molar-refractivity contribution in [1.29, 1.82) is 0 Å². The van der Waals surface area contributed by atoms with Gasteiger partial charge in [-0.1, -0.05) is 49.7 Å². The zero-order chi connectivity index (χ0) is 21.5. The first-order valence-electron chi connectivity index (χ1n) is 9.46. The summed E-state index contributed by atoms with van der Waals surface area (Å²) in [6, 6.07) is 15.7. The lowest BCUT2D eigenvalue weighted by Gasteiger charge is -2.12. The number of halogens is 5. The van der Waals surface area contributed by atoms with Gasteiger partial charge in [0.15, 0.2) is 11.6 Å². The van der Waals surface area contributed by atoms with Gasteiger partial charge in [-0.05, 0) is 63.4 Å². The van der Waals surface area contributed by atoms with Gasteiger partial charge in [-0.15, -0.1) is 13.2 Å². The van der Waals surface area contributed by atoms with Gasteiger partial charge in [0, 0.05) is 5.56 Å². The molecule has 0 bridgehead atoms. The van der Waals surface area contributed by atoms with Gasteiger partial charge in [-0.3, -0.25) is 0 Å². The third-order valence-corrected chi connectivity index (χ3v) is 5.00. The summed E-state index contributed by atoms with van der Waals surface area (Å²) in [6.45, 7) is 2.10. The normalized spacial score (nSPS) is 11.9. The van der Waals surface area contributed by atoms with Crippen molar-refractivity contribution in [3.05, 3.63) is 77.9 Å². The molecule has 6 heteroatoms. The van der Waals surface area contributed by atoms with E-state index < -0.39 is 23.7 Å². The van der Waals surface area contributed by atoms with Crippen LogP contribution in [0.3, 0.4) is 0 Å². The minimum atomic E-state index is -5.01. The summed E-state index contributed by atoms with van der Waals surface area (Å²) in [6.07, 6.45) is -3.02. The molecule has 0 aliphatic rings. The molecule has 0 aromatic heterocycles. The van der Waals surface area contributed by atoms with Gasteiger partial charge >= 0.3 is 6.36 Å². The second-order valence-electron chi connectivity index (χ2n) is 7.12. The zero-order valence-electron chi connectivity index (χ0n) is 16.0. The molecule has 30 heavy (non-hydrogen) atoms. The molecule has 0 amide bonds. The smallest absolute Gasteiger partial charge is 0.403 e. The minimum Gasteiger partial charge on any atom is -0.403 e. The van der Waals surface area contributed by atoms with Gasteiger partial charge in [0.1, 0.15) is 5.82 Å². The lowest BCUT2D eigenvalue weighted by Crippen LogP contribution is -2.17. The molecule has 0 radical (unpaired) electrons. The van der Waals surface area contributed by atoms with E-state index in [4.69, 9.17) is 0 Å². The van der Waals surface area contributed by atoms with Gasteiger partial charge in [-0.2, -0.15) is 0 Å². The Kier molecular flexibility index (Phi) is 5.10. The van der Waals surface area contributed by atoms with Crippen molar-refractivity contribution in [2.24, 2.45) is 0 Å². The second-order valence-corrected chi connectivity index (χ2v) is 7.12. The molecule has 0 aliphatic heterocycles. The van der Waals surface area contributed by atoms with E-state index in [-0.39, 0.29) is 11.1 Å². The Morgan fingerprint density at radius 2 is 1.50 bits per heavy atom. The van der Waals surface area contributed by atoms with Gasteiger partial charge in [0.25, 0.3) is 0 Å². The fourth-order valence-corrected chi connectivity index (χ4v) is 3.68. The minimum absolute atomic E-state index is 0.0990. The number of alkyl halides is 3. The predicted molar refractivity (Wildman–Crippen MR) is 107 cm³/mol. The van der Waals surface area contributed by atoms with E-state index in [0.717, 1.165) is 41.1 Å². The van der Waals surface area contributed by atoms with Crippen molar-refractivity contribution in [3.8, 4) is 16.9 Å². The Bertz CT molecular complexity index is 1240. The summed E-state index contributed by atoms with van der Waals surface area (Å²) in [5.41, 5.74) is 1.43. The van der Waals surface area contributed by atoms with E-state index >= 15 is 0 Å². The first kappa shape index (κ1) is 20.1. The van der Waals surface area contributed by atoms with Crippen molar-refractivity contribution in [2.75, 3.05) is 0 Å². The highest BCUT2D eigenvalue weighted by Gasteiger charge is 2.32. The monoisotopic (exact) mass is 416 g/mol. The maximum atomic E-state index is 14.9. The van der Waals surface area contributed by atoms with E-state index in [9.17, 15) is 22.0 Å². The second kappa shape index (κ2) is 7.59. The van der Waals surface area contributed by atoms with E-state index in [1.807, 2.05) is 24.3 Å². The van der Waals surface area contributed by atoms with Gasteiger partial charge in [0.05, 0.1) is 0 Å². The van der Waals surface area contributed by atoms with Crippen LogP contribution in [0.5, 0.6) is 5.75 Å². The third-order valence-electron chi connectivity index (χ3n) is 5.00. The van der Waals surface area contributed by atoms with Crippen molar-refractivity contribution in [3.63, 3.8) is 0 Å². The SMILES string of the molecule is CCCc1ccc2c(ccc3cc(-c4ccc(OC(F)(F)F)c(F)c4)c(F)cc32)c1. The number of rotatable bonds is 4. The molecule has 0 heterocycles. The molecule has 0 fully saturated rings. The van der Waals surface area contributed by atoms with Crippen LogP contribution in [-0.2, 0) is 6.42 Å². The fourth-order valence-electron chi connectivity index (χ4n) is 3.68. The molecule has 0 atom stereocenters.